The molecule has 1 aliphatic carbocycles. The van der Waals surface area contributed by atoms with Crippen LogP contribution in [-0.4, -0.2) is 69.3 Å². The van der Waals surface area contributed by atoms with Crippen molar-refractivity contribution in [3.8, 4) is 6.01 Å². The van der Waals surface area contributed by atoms with Crippen molar-refractivity contribution >= 4 is 29.0 Å². The maximum Gasteiger partial charge on any atom is 0.411 e. The van der Waals surface area contributed by atoms with Crippen molar-refractivity contribution in [2.75, 3.05) is 13.2 Å². The Balaban J connectivity index is 1.52. The number of nitrogens with one attached hydrogen (secondary N) is 2. The number of benzene rings is 1. The van der Waals surface area contributed by atoms with Gasteiger partial charge >= 0.3 is 12.1 Å². The van der Waals surface area contributed by atoms with E-state index in [9.17, 15) is 14.4 Å². The second-order valence-corrected chi connectivity index (χ2v) is 10.2. The number of para-hydroxylation sites is 2. The van der Waals surface area contributed by atoms with Crippen molar-refractivity contribution in [3.05, 3.63) is 24.3 Å². The Kier molecular flexibility index (Phi) is 6.66. The Morgan fingerprint density at radius 2 is 1.97 bits per heavy atom. The van der Waals surface area contributed by atoms with Crippen molar-refractivity contribution in [1.29, 1.82) is 0 Å². The van der Waals surface area contributed by atoms with Gasteiger partial charge in [0.15, 0.2) is 0 Å². The number of amides is 2. The van der Waals surface area contributed by atoms with Crippen LogP contribution in [0.25, 0.3) is 11.0 Å². The summed E-state index contributed by atoms with van der Waals surface area (Å²) in [5, 5.41) is 2.91. The number of aromatic amines is 1. The maximum atomic E-state index is 13.4. The quantitative estimate of drug-likeness (QED) is 0.576. The van der Waals surface area contributed by atoms with Crippen molar-refractivity contribution in [1.82, 2.24) is 20.2 Å². The Hall–Kier alpha value is -3.30. The van der Waals surface area contributed by atoms with Crippen LogP contribution >= 0.6 is 0 Å². The number of hydrogen-bond acceptors (Lipinski definition) is 7. The first kappa shape index (κ1) is 24.8. The number of nitrogens with zero attached hydrogens (tertiary/aromatic N) is 2. The fourth-order valence-electron chi connectivity index (χ4n) is 4.64. The third-order valence-corrected chi connectivity index (χ3v) is 6.42. The molecule has 0 spiro atoms. The molecule has 4 atom stereocenters. The summed E-state index contributed by atoms with van der Waals surface area (Å²) in [6.45, 7) is 9.38. The topological polar surface area (TPSA) is 123 Å². The summed E-state index contributed by atoms with van der Waals surface area (Å²) in [5.41, 5.74) is -0.186. The summed E-state index contributed by atoms with van der Waals surface area (Å²) in [4.78, 5) is 48.0. The van der Waals surface area contributed by atoms with Gasteiger partial charge in [0.05, 0.1) is 24.2 Å². The number of fused-ring (bicyclic) bond motifs is 1. The van der Waals surface area contributed by atoms with Gasteiger partial charge in [-0.2, -0.15) is 4.98 Å². The Bertz CT molecular complexity index is 1080. The van der Waals surface area contributed by atoms with Crippen LogP contribution in [0.3, 0.4) is 0 Å². The van der Waals surface area contributed by atoms with E-state index in [0.717, 1.165) is 17.5 Å². The highest BCUT2D eigenvalue weighted by molar-refractivity contribution is 5.94. The van der Waals surface area contributed by atoms with E-state index in [1.165, 1.54) is 4.90 Å². The first-order valence-corrected chi connectivity index (χ1v) is 12.2. The van der Waals surface area contributed by atoms with Crippen molar-refractivity contribution in [3.63, 3.8) is 0 Å². The molecule has 2 amide bonds. The molecule has 1 saturated heterocycles. The molecule has 0 unspecified atom stereocenters. The van der Waals surface area contributed by atoms with Crippen LogP contribution < -0.4 is 10.1 Å². The van der Waals surface area contributed by atoms with E-state index in [0.29, 0.717) is 12.4 Å². The van der Waals surface area contributed by atoms with Crippen molar-refractivity contribution < 1.29 is 28.6 Å². The normalized spacial score (nSPS) is 25.9. The zero-order valence-corrected chi connectivity index (χ0v) is 20.9. The predicted molar refractivity (Wildman–Crippen MR) is 128 cm³/mol. The van der Waals surface area contributed by atoms with Crippen LogP contribution in [0.15, 0.2) is 24.3 Å². The average Bonchev–Trinajstić information content (AvgIpc) is 3.12. The number of ether oxygens (including phenoxy) is 3. The highest BCUT2D eigenvalue weighted by atomic mass is 16.6. The Labute approximate surface area is 204 Å². The number of imidazole rings is 1. The van der Waals surface area contributed by atoms with Gasteiger partial charge in [0.25, 0.3) is 6.01 Å². The number of H-pyrrole nitrogens is 1. The summed E-state index contributed by atoms with van der Waals surface area (Å²) < 4.78 is 16.8. The largest absolute Gasteiger partial charge is 0.464 e. The van der Waals surface area contributed by atoms with Crippen molar-refractivity contribution in [2.45, 2.75) is 77.2 Å². The lowest BCUT2D eigenvalue weighted by atomic mass is 10.1. The fraction of sp³-hybridized carbons (Fsp3) is 0.600. The van der Waals surface area contributed by atoms with Gasteiger partial charge in [0.2, 0.25) is 5.91 Å². The SMILES string of the molecule is CCOC(=O)[C@@]1(NC(=O)[C@@H]2C[C@@H](Oc3nc4ccccc4[nH]3)CN2C(=O)OC(C)(C)C)C[C@H]1CC. The number of hydrogen-bond donors (Lipinski definition) is 2. The molecule has 1 saturated carbocycles. The summed E-state index contributed by atoms with van der Waals surface area (Å²) in [6, 6.07) is 6.99. The standard InChI is InChI=1S/C25H34N4O6/c1-6-15-13-25(15,21(31)33-7-2)28-20(30)19-12-16(14-29(19)23(32)35-24(3,4)5)34-22-26-17-10-8-9-11-18(17)27-22/h8-11,15-16,19H,6-7,12-14H2,1-5H3,(H,26,27)(H,28,30)/t15-,16-,19+,25-/m1/s1. The smallest absolute Gasteiger partial charge is 0.411 e. The third kappa shape index (κ3) is 5.21. The summed E-state index contributed by atoms with van der Waals surface area (Å²) >= 11 is 0. The lowest BCUT2D eigenvalue weighted by Crippen LogP contribution is -2.54. The van der Waals surface area contributed by atoms with Crippen LogP contribution in [0.2, 0.25) is 0 Å². The molecule has 35 heavy (non-hydrogen) atoms. The molecule has 2 N–H and O–H groups in total. The molecule has 1 aliphatic heterocycles. The monoisotopic (exact) mass is 486 g/mol. The van der Waals surface area contributed by atoms with E-state index in [2.05, 4.69) is 15.3 Å². The maximum absolute atomic E-state index is 13.4. The molecule has 2 fully saturated rings. The summed E-state index contributed by atoms with van der Waals surface area (Å²) in [5.74, 6) is -0.850. The lowest BCUT2D eigenvalue weighted by Gasteiger charge is -2.29. The molecule has 190 valence electrons. The second kappa shape index (κ2) is 9.39. The highest BCUT2D eigenvalue weighted by Crippen LogP contribution is 2.47. The van der Waals surface area contributed by atoms with Crippen LogP contribution in [0, 0.1) is 5.92 Å². The molecule has 1 aromatic heterocycles. The molecule has 1 aromatic carbocycles. The lowest BCUT2D eigenvalue weighted by molar-refractivity contribution is -0.149. The number of carbonyl (C=O) groups excluding carboxylic acids is 3. The van der Waals surface area contributed by atoms with Gasteiger partial charge < -0.3 is 24.5 Å². The molecule has 2 heterocycles. The van der Waals surface area contributed by atoms with Crippen LogP contribution in [0.5, 0.6) is 6.01 Å². The molecule has 4 rings (SSSR count). The van der Waals surface area contributed by atoms with Gasteiger partial charge in [-0.05, 0) is 52.2 Å². The molecule has 0 radical (unpaired) electrons. The molecular formula is C25H34N4O6. The summed E-state index contributed by atoms with van der Waals surface area (Å²) in [6.07, 6.45) is 0.390. The zero-order valence-electron chi connectivity index (χ0n) is 20.9. The average molecular weight is 487 g/mol. The van der Waals surface area contributed by atoms with Crippen LogP contribution in [-0.2, 0) is 19.1 Å². The van der Waals surface area contributed by atoms with E-state index >= 15 is 0 Å². The van der Waals surface area contributed by atoms with Gasteiger partial charge in [-0.15, -0.1) is 0 Å². The number of esters is 1. The molecule has 10 heteroatoms. The van der Waals surface area contributed by atoms with Gasteiger partial charge in [-0.25, -0.2) is 9.59 Å². The Morgan fingerprint density at radius 1 is 1.23 bits per heavy atom. The van der Waals surface area contributed by atoms with E-state index < -0.39 is 41.3 Å². The minimum absolute atomic E-state index is 0.00414. The van der Waals surface area contributed by atoms with Crippen molar-refractivity contribution in [2.24, 2.45) is 5.92 Å². The molecule has 2 aromatic rings. The van der Waals surface area contributed by atoms with Crippen LogP contribution in [0.4, 0.5) is 4.79 Å². The van der Waals surface area contributed by atoms with Gasteiger partial charge in [0.1, 0.15) is 23.3 Å². The van der Waals surface area contributed by atoms with E-state index in [4.69, 9.17) is 14.2 Å². The number of carbonyl (C=O) groups is 3. The fourth-order valence-corrected chi connectivity index (χ4v) is 4.64. The molecule has 10 nitrogen and oxygen atoms in total. The predicted octanol–water partition coefficient (Wildman–Crippen LogP) is 3.17. The Morgan fingerprint density at radius 3 is 2.60 bits per heavy atom. The van der Waals surface area contributed by atoms with Crippen LogP contribution in [0.1, 0.15) is 53.9 Å². The van der Waals surface area contributed by atoms with Gasteiger partial charge in [-0.1, -0.05) is 25.5 Å². The first-order valence-electron chi connectivity index (χ1n) is 12.2. The molecule has 0 bridgehead atoms. The third-order valence-electron chi connectivity index (χ3n) is 6.42. The first-order chi connectivity index (χ1) is 16.6. The zero-order chi connectivity index (χ0) is 25.4. The van der Waals surface area contributed by atoms with E-state index in [-0.39, 0.29) is 25.5 Å². The second-order valence-electron chi connectivity index (χ2n) is 10.2. The van der Waals surface area contributed by atoms with E-state index in [1.54, 1.807) is 27.7 Å². The number of likely N-dealkylation sites (tertiary alicyclic amines) is 1. The minimum atomic E-state index is -1.04. The minimum Gasteiger partial charge on any atom is -0.464 e. The van der Waals surface area contributed by atoms with Gasteiger partial charge in [0, 0.05) is 6.42 Å². The molecular weight excluding hydrogens is 452 g/mol. The number of aromatic nitrogens is 2. The highest BCUT2D eigenvalue weighted by Gasteiger charge is 2.62. The van der Waals surface area contributed by atoms with Gasteiger partial charge in [-0.3, -0.25) is 9.69 Å². The summed E-state index contributed by atoms with van der Waals surface area (Å²) in [7, 11) is 0. The molecule has 2 aliphatic rings. The van der Waals surface area contributed by atoms with E-state index in [1.807, 2.05) is 31.2 Å². The number of rotatable bonds is 7.